The molecule has 0 saturated heterocycles. The van der Waals surface area contributed by atoms with Gasteiger partial charge >= 0.3 is 5.69 Å². The lowest BCUT2D eigenvalue weighted by atomic mass is 9.79. The topological polar surface area (TPSA) is 153 Å². The number of hydrogen-bond donors (Lipinski definition) is 5. The number of hydrogen-bond acceptors (Lipinski definition) is 5. The zero-order valence-corrected chi connectivity index (χ0v) is 31.7. The van der Waals surface area contributed by atoms with Crippen LogP contribution in [0.25, 0.3) is 16.7 Å². The number of aromatic amines is 1. The van der Waals surface area contributed by atoms with Gasteiger partial charge in [-0.15, -0.1) is 0 Å². The summed E-state index contributed by atoms with van der Waals surface area (Å²) in [7, 11) is 0. The van der Waals surface area contributed by atoms with Crippen molar-refractivity contribution in [3.05, 3.63) is 92.7 Å². The number of guanidine groups is 1. The summed E-state index contributed by atoms with van der Waals surface area (Å²) >= 11 is 0. The number of aliphatic imine (C=N–C) groups is 1. The van der Waals surface area contributed by atoms with Crippen molar-refractivity contribution in [2.75, 3.05) is 13.1 Å². The van der Waals surface area contributed by atoms with Crippen LogP contribution >= 0.6 is 0 Å². The summed E-state index contributed by atoms with van der Waals surface area (Å²) in [5.74, 6) is 0.710. The zero-order chi connectivity index (χ0) is 36.5. The summed E-state index contributed by atoms with van der Waals surface area (Å²) in [5, 5.41) is 4.27. The molecule has 0 spiro atoms. The lowest BCUT2D eigenvalue weighted by Gasteiger charge is -2.26. The molecule has 0 bridgehead atoms. The molecule has 0 aliphatic heterocycles. The summed E-state index contributed by atoms with van der Waals surface area (Å²) < 4.78 is 1.58. The van der Waals surface area contributed by atoms with Crippen molar-refractivity contribution in [1.82, 2.24) is 19.9 Å². The average molecular weight is 671 g/mol. The first kappa shape index (κ1) is 39.5. The van der Waals surface area contributed by atoms with Gasteiger partial charge in [-0.05, 0) is 103 Å². The predicted octanol–water partition coefficient (Wildman–Crippen LogP) is 6.85. The molecule has 268 valence electrons. The third-order valence-corrected chi connectivity index (χ3v) is 8.73. The lowest BCUT2D eigenvalue weighted by Crippen LogP contribution is -2.23. The van der Waals surface area contributed by atoms with Crippen LogP contribution in [0.1, 0.15) is 121 Å². The maximum atomic E-state index is 12.5. The second-order valence-corrected chi connectivity index (χ2v) is 15.8. The smallest absolute Gasteiger partial charge is 0.354 e. The largest absolute Gasteiger partial charge is 0.370 e. The van der Waals surface area contributed by atoms with Gasteiger partial charge in [-0.25, -0.2) is 4.79 Å². The normalized spacial score (nSPS) is 12.6. The first-order chi connectivity index (χ1) is 22.9. The third-order valence-electron chi connectivity index (χ3n) is 8.73. The molecule has 9 nitrogen and oxygen atoms in total. The third kappa shape index (κ3) is 11.9. The van der Waals surface area contributed by atoms with Crippen LogP contribution in [-0.2, 0) is 23.8 Å². The molecular formula is C40H62N8O. The Bertz CT molecular complexity index is 1730. The molecule has 0 unspecified atom stereocenters. The minimum Gasteiger partial charge on any atom is -0.370 e. The molecule has 4 rings (SSSR count). The molecule has 2 aromatic heterocycles. The fraction of sp³-hybridized carbons (Fsp3) is 0.525. The SMILES string of the molecule is CC(C)(C)c1cc2cn(-c3ccc(CNCCCN=C(N)N)cc3)c(=O)nc2[nH]1.Cc1c(C(C)C)cc(CCC[C@H](C)N)cc1C(C)(C)C. The van der Waals surface area contributed by atoms with Gasteiger partial charge in [0.25, 0.3) is 0 Å². The van der Waals surface area contributed by atoms with Crippen molar-refractivity contribution < 1.29 is 0 Å². The standard InChI is InChI=1S/C21H29N7O.C19H33N/c1-21(2,3)17-11-15-13-28(20(29)27-18(15)26-17)16-7-5-14(6-8-16)12-24-9-4-10-25-19(22)23;1-13(2)17-11-16(10-8-9-14(3)20)12-18(15(17)4)19(5,6)7/h5-8,11,13,24H,4,9-10,12H2,1-3H3,(H4,22,23,25)(H,26,27,29);11-14H,8-10,20H2,1-7H3/t;14-/m.0/s1. The van der Waals surface area contributed by atoms with E-state index in [9.17, 15) is 4.79 Å². The van der Waals surface area contributed by atoms with Gasteiger partial charge in [0.2, 0.25) is 0 Å². The molecule has 0 saturated carbocycles. The number of aromatic nitrogens is 3. The fourth-order valence-corrected chi connectivity index (χ4v) is 5.95. The number of nitrogens with one attached hydrogen (secondary N) is 2. The van der Waals surface area contributed by atoms with Crippen LogP contribution in [0.4, 0.5) is 0 Å². The Morgan fingerprint density at radius 1 is 0.959 bits per heavy atom. The summed E-state index contributed by atoms with van der Waals surface area (Å²) in [6.07, 6.45) is 6.14. The van der Waals surface area contributed by atoms with Gasteiger partial charge in [0, 0.05) is 41.8 Å². The van der Waals surface area contributed by atoms with E-state index >= 15 is 0 Å². The Hall–Kier alpha value is -3.95. The summed E-state index contributed by atoms with van der Waals surface area (Å²) in [6, 6.07) is 15.1. The van der Waals surface area contributed by atoms with Crippen LogP contribution in [-0.4, -0.2) is 39.6 Å². The van der Waals surface area contributed by atoms with Gasteiger partial charge in [-0.3, -0.25) is 9.56 Å². The molecule has 9 heteroatoms. The van der Waals surface area contributed by atoms with Crippen molar-refractivity contribution in [2.45, 2.75) is 124 Å². The summed E-state index contributed by atoms with van der Waals surface area (Å²) in [5.41, 5.74) is 25.9. The Balaban J connectivity index is 0.000000286. The van der Waals surface area contributed by atoms with Crippen LogP contribution in [0, 0.1) is 6.92 Å². The van der Waals surface area contributed by atoms with E-state index in [0.717, 1.165) is 54.7 Å². The van der Waals surface area contributed by atoms with E-state index in [2.05, 4.69) is 108 Å². The minimum atomic E-state index is -0.301. The molecule has 2 heterocycles. The van der Waals surface area contributed by atoms with E-state index in [1.807, 2.05) is 30.5 Å². The Morgan fingerprint density at radius 2 is 1.63 bits per heavy atom. The molecule has 2 aromatic carbocycles. The molecule has 0 radical (unpaired) electrons. The van der Waals surface area contributed by atoms with Crippen LogP contribution < -0.4 is 28.2 Å². The fourth-order valence-electron chi connectivity index (χ4n) is 5.95. The van der Waals surface area contributed by atoms with Crippen molar-refractivity contribution >= 4 is 17.0 Å². The Morgan fingerprint density at radius 3 is 2.20 bits per heavy atom. The maximum Gasteiger partial charge on any atom is 0.354 e. The molecule has 49 heavy (non-hydrogen) atoms. The quantitative estimate of drug-likeness (QED) is 0.0631. The molecule has 4 aromatic rings. The molecule has 0 aliphatic rings. The highest BCUT2D eigenvalue weighted by Crippen LogP contribution is 2.32. The Labute approximate surface area is 294 Å². The highest BCUT2D eigenvalue weighted by atomic mass is 16.1. The molecule has 8 N–H and O–H groups in total. The van der Waals surface area contributed by atoms with Gasteiger partial charge in [0.05, 0.1) is 5.69 Å². The lowest BCUT2D eigenvalue weighted by molar-refractivity contribution is 0.574. The second-order valence-electron chi connectivity index (χ2n) is 15.8. The van der Waals surface area contributed by atoms with Gasteiger partial charge in [-0.2, -0.15) is 4.98 Å². The van der Waals surface area contributed by atoms with Crippen molar-refractivity contribution in [3.63, 3.8) is 0 Å². The van der Waals surface area contributed by atoms with E-state index in [1.165, 1.54) is 28.7 Å². The van der Waals surface area contributed by atoms with Crippen molar-refractivity contribution in [2.24, 2.45) is 22.2 Å². The monoisotopic (exact) mass is 671 g/mol. The number of fused-ring (bicyclic) bond motifs is 1. The summed E-state index contributed by atoms with van der Waals surface area (Å²) in [4.78, 5) is 23.9. The number of aryl methyl sites for hydroxylation is 1. The molecule has 1 atom stereocenters. The predicted molar refractivity (Wildman–Crippen MR) is 208 cm³/mol. The van der Waals surface area contributed by atoms with E-state index in [4.69, 9.17) is 17.2 Å². The number of H-pyrrole nitrogens is 1. The van der Waals surface area contributed by atoms with E-state index in [1.54, 1.807) is 4.57 Å². The maximum absolute atomic E-state index is 12.5. The van der Waals surface area contributed by atoms with Crippen LogP contribution in [0.3, 0.4) is 0 Å². The number of nitrogens with two attached hydrogens (primary N) is 3. The first-order valence-corrected chi connectivity index (χ1v) is 17.7. The highest BCUT2D eigenvalue weighted by Gasteiger charge is 2.20. The molecular weight excluding hydrogens is 608 g/mol. The highest BCUT2D eigenvalue weighted by molar-refractivity contribution is 5.76. The van der Waals surface area contributed by atoms with Crippen molar-refractivity contribution in [1.29, 1.82) is 0 Å². The van der Waals surface area contributed by atoms with E-state index < -0.39 is 0 Å². The van der Waals surface area contributed by atoms with Crippen LogP contribution in [0.15, 0.2) is 58.4 Å². The number of rotatable bonds is 12. The zero-order valence-electron chi connectivity index (χ0n) is 31.7. The minimum absolute atomic E-state index is 0.0352. The van der Waals surface area contributed by atoms with Gasteiger partial charge in [0.1, 0.15) is 5.65 Å². The van der Waals surface area contributed by atoms with Gasteiger partial charge in [0.15, 0.2) is 5.96 Å². The van der Waals surface area contributed by atoms with Crippen LogP contribution in [0.5, 0.6) is 0 Å². The van der Waals surface area contributed by atoms with Gasteiger partial charge < -0.3 is 27.5 Å². The summed E-state index contributed by atoms with van der Waals surface area (Å²) in [6.45, 7) is 24.4. The van der Waals surface area contributed by atoms with Crippen LogP contribution in [0.2, 0.25) is 0 Å². The molecule has 0 fully saturated rings. The van der Waals surface area contributed by atoms with E-state index in [0.29, 0.717) is 24.2 Å². The first-order valence-electron chi connectivity index (χ1n) is 17.7. The number of benzene rings is 2. The average Bonchev–Trinajstić information content (AvgIpc) is 3.42. The number of nitrogens with zero attached hydrogens (tertiary/aromatic N) is 3. The molecule has 0 aliphatic carbocycles. The Kier molecular flexibility index (Phi) is 13.8. The van der Waals surface area contributed by atoms with E-state index in [-0.39, 0.29) is 22.5 Å². The van der Waals surface area contributed by atoms with Crippen molar-refractivity contribution in [3.8, 4) is 5.69 Å². The molecule has 0 amide bonds. The van der Waals surface area contributed by atoms with Gasteiger partial charge in [-0.1, -0.05) is 79.7 Å². The second kappa shape index (κ2) is 17.1.